The molecule has 1 amide bonds. The van der Waals surface area contributed by atoms with Gasteiger partial charge in [-0.05, 0) is 18.9 Å². The molecule has 1 N–H and O–H groups in total. The Hall–Kier alpha value is -1.42. The van der Waals surface area contributed by atoms with E-state index < -0.39 is 0 Å². The van der Waals surface area contributed by atoms with Crippen LogP contribution < -0.4 is 5.32 Å². The molecule has 1 saturated carbocycles. The van der Waals surface area contributed by atoms with Gasteiger partial charge in [-0.1, -0.05) is 32.0 Å². The lowest BCUT2D eigenvalue weighted by molar-refractivity contribution is -0.131. The third-order valence-electron chi connectivity index (χ3n) is 3.27. The first-order chi connectivity index (χ1) is 9.08. The molecule has 0 bridgehead atoms. The number of halogens is 1. The lowest BCUT2D eigenvalue weighted by Gasteiger charge is -2.23. The number of benzene rings is 1. The average Bonchev–Trinajstić information content (AvgIpc) is 3.19. The Kier molecular flexibility index (Phi) is 4.53. The van der Waals surface area contributed by atoms with E-state index in [0.717, 1.165) is 12.8 Å². The van der Waals surface area contributed by atoms with Crippen LogP contribution in [0.25, 0.3) is 0 Å². The molecule has 0 radical (unpaired) electrons. The zero-order valence-corrected chi connectivity index (χ0v) is 11.5. The SMILES string of the molecule is CC(C)NCC(=O)N(Cc1ccccc1F)C1CC1. The second kappa shape index (κ2) is 6.15. The van der Waals surface area contributed by atoms with E-state index in [1.807, 2.05) is 13.8 Å². The summed E-state index contributed by atoms with van der Waals surface area (Å²) in [5.74, 6) is -0.183. The predicted octanol–water partition coefficient (Wildman–Crippen LogP) is 2.31. The van der Waals surface area contributed by atoms with Gasteiger partial charge in [0.25, 0.3) is 0 Å². The highest BCUT2D eigenvalue weighted by Gasteiger charge is 2.32. The van der Waals surface area contributed by atoms with E-state index in [4.69, 9.17) is 0 Å². The lowest BCUT2D eigenvalue weighted by Crippen LogP contribution is -2.41. The summed E-state index contributed by atoms with van der Waals surface area (Å²) in [6.07, 6.45) is 2.06. The van der Waals surface area contributed by atoms with Gasteiger partial charge in [0.05, 0.1) is 6.54 Å². The van der Waals surface area contributed by atoms with Crippen molar-refractivity contribution in [3.05, 3.63) is 35.6 Å². The molecule has 0 aliphatic heterocycles. The molecule has 1 aliphatic carbocycles. The Morgan fingerprint density at radius 2 is 2.11 bits per heavy atom. The highest BCUT2D eigenvalue weighted by atomic mass is 19.1. The number of hydrogen-bond donors (Lipinski definition) is 1. The third kappa shape index (κ3) is 4.03. The van der Waals surface area contributed by atoms with Crippen molar-refractivity contribution in [1.29, 1.82) is 0 Å². The zero-order chi connectivity index (χ0) is 13.8. The molecule has 1 fully saturated rings. The molecule has 1 aromatic rings. The molecule has 0 atom stereocenters. The van der Waals surface area contributed by atoms with E-state index in [1.54, 1.807) is 23.1 Å². The predicted molar refractivity (Wildman–Crippen MR) is 73.1 cm³/mol. The van der Waals surface area contributed by atoms with Gasteiger partial charge in [-0.15, -0.1) is 0 Å². The smallest absolute Gasteiger partial charge is 0.237 e. The highest BCUT2D eigenvalue weighted by molar-refractivity contribution is 5.79. The Labute approximate surface area is 113 Å². The van der Waals surface area contributed by atoms with Crippen LogP contribution in [0.2, 0.25) is 0 Å². The van der Waals surface area contributed by atoms with E-state index in [9.17, 15) is 9.18 Å². The van der Waals surface area contributed by atoms with Crippen LogP contribution in [-0.4, -0.2) is 29.4 Å². The van der Waals surface area contributed by atoms with Gasteiger partial charge in [0.15, 0.2) is 0 Å². The average molecular weight is 264 g/mol. The minimum atomic E-state index is -0.238. The van der Waals surface area contributed by atoms with Gasteiger partial charge in [0.1, 0.15) is 5.82 Å². The molecule has 0 aromatic heterocycles. The topological polar surface area (TPSA) is 32.3 Å². The van der Waals surface area contributed by atoms with Crippen LogP contribution in [0.3, 0.4) is 0 Å². The summed E-state index contributed by atoms with van der Waals surface area (Å²) in [5, 5.41) is 3.12. The summed E-state index contributed by atoms with van der Waals surface area (Å²) >= 11 is 0. The monoisotopic (exact) mass is 264 g/mol. The van der Waals surface area contributed by atoms with Crippen LogP contribution in [-0.2, 0) is 11.3 Å². The largest absolute Gasteiger partial charge is 0.334 e. The van der Waals surface area contributed by atoms with E-state index >= 15 is 0 Å². The summed E-state index contributed by atoms with van der Waals surface area (Å²) in [5.41, 5.74) is 0.590. The Balaban J connectivity index is 2.00. The van der Waals surface area contributed by atoms with Crippen LogP contribution in [0.15, 0.2) is 24.3 Å². The number of rotatable bonds is 6. The quantitative estimate of drug-likeness (QED) is 0.855. The Morgan fingerprint density at radius 3 is 2.68 bits per heavy atom. The Bertz CT molecular complexity index is 444. The summed E-state index contributed by atoms with van der Waals surface area (Å²) in [6, 6.07) is 7.23. The van der Waals surface area contributed by atoms with Crippen molar-refractivity contribution in [2.45, 2.75) is 45.3 Å². The number of amides is 1. The van der Waals surface area contributed by atoms with Crippen molar-refractivity contribution < 1.29 is 9.18 Å². The second-order valence-electron chi connectivity index (χ2n) is 5.38. The molecule has 0 saturated heterocycles. The van der Waals surface area contributed by atoms with E-state index in [1.165, 1.54) is 6.07 Å². The molecular formula is C15H21FN2O. The fourth-order valence-corrected chi connectivity index (χ4v) is 2.01. The Morgan fingerprint density at radius 1 is 1.42 bits per heavy atom. The number of hydrogen-bond acceptors (Lipinski definition) is 2. The molecule has 0 spiro atoms. The lowest BCUT2D eigenvalue weighted by atomic mass is 10.2. The first-order valence-corrected chi connectivity index (χ1v) is 6.84. The van der Waals surface area contributed by atoms with Crippen molar-refractivity contribution >= 4 is 5.91 Å². The number of nitrogens with one attached hydrogen (secondary N) is 1. The summed E-state index contributed by atoms with van der Waals surface area (Å²) in [6.45, 7) is 4.70. The molecule has 19 heavy (non-hydrogen) atoms. The van der Waals surface area contributed by atoms with Gasteiger partial charge < -0.3 is 10.2 Å². The third-order valence-corrected chi connectivity index (χ3v) is 3.27. The molecule has 4 heteroatoms. The fourth-order valence-electron chi connectivity index (χ4n) is 2.01. The van der Waals surface area contributed by atoms with Crippen LogP contribution in [0, 0.1) is 5.82 Å². The molecule has 0 heterocycles. The van der Waals surface area contributed by atoms with Gasteiger partial charge in [0, 0.05) is 24.2 Å². The van der Waals surface area contributed by atoms with E-state index in [2.05, 4.69) is 5.32 Å². The fraction of sp³-hybridized carbons (Fsp3) is 0.533. The first-order valence-electron chi connectivity index (χ1n) is 6.84. The van der Waals surface area contributed by atoms with Gasteiger partial charge in [-0.25, -0.2) is 4.39 Å². The van der Waals surface area contributed by atoms with Crippen molar-refractivity contribution in [1.82, 2.24) is 10.2 Å². The van der Waals surface area contributed by atoms with Crippen LogP contribution >= 0.6 is 0 Å². The van der Waals surface area contributed by atoms with Gasteiger partial charge in [0.2, 0.25) is 5.91 Å². The molecule has 0 unspecified atom stereocenters. The van der Waals surface area contributed by atoms with E-state index in [0.29, 0.717) is 24.7 Å². The molecule has 1 aliphatic rings. The van der Waals surface area contributed by atoms with Crippen molar-refractivity contribution in [3.63, 3.8) is 0 Å². The van der Waals surface area contributed by atoms with Crippen LogP contribution in [0.1, 0.15) is 32.3 Å². The molecule has 104 valence electrons. The maximum atomic E-state index is 13.7. The van der Waals surface area contributed by atoms with Crippen molar-refractivity contribution in [2.24, 2.45) is 0 Å². The molecule has 2 rings (SSSR count). The van der Waals surface area contributed by atoms with E-state index in [-0.39, 0.29) is 17.8 Å². The van der Waals surface area contributed by atoms with Crippen LogP contribution in [0.5, 0.6) is 0 Å². The van der Waals surface area contributed by atoms with Crippen molar-refractivity contribution in [3.8, 4) is 0 Å². The van der Waals surface area contributed by atoms with Gasteiger partial charge >= 0.3 is 0 Å². The second-order valence-corrected chi connectivity index (χ2v) is 5.38. The summed E-state index contributed by atoms with van der Waals surface area (Å²) in [7, 11) is 0. The minimum Gasteiger partial charge on any atom is -0.334 e. The molecular weight excluding hydrogens is 243 g/mol. The summed E-state index contributed by atoms with van der Waals surface area (Å²) < 4.78 is 13.7. The van der Waals surface area contributed by atoms with Crippen LogP contribution in [0.4, 0.5) is 4.39 Å². The summed E-state index contributed by atoms with van der Waals surface area (Å²) in [4.78, 5) is 14.0. The van der Waals surface area contributed by atoms with Gasteiger partial charge in [-0.2, -0.15) is 0 Å². The van der Waals surface area contributed by atoms with Gasteiger partial charge in [-0.3, -0.25) is 4.79 Å². The molecule has 3 nitrogen and oxygen atoms in total. The minimum absolute atomic E-state index is 0.0550. The highest BCUT2D eigenvalue weighted by Crippen LogP contribution is 2.28. The standard InChI is InChI=1S/C15H21FN2O/c1-11(2)17-9-15(19)18(13-7-8-13)10-12-5-3-4-6-14(12)16/h3-6,11,13,17H,7-10H2,1-2H3. The number of nitrogens with zero attached hydrogens (tertiary/aromatic N) is 1. The molecule has 1 aromatic carbocycles. The zero-order valence-electron chi connectivity index (χ0n) is 11.5. The normalized spacial score (nSPS) is 14.7. The maximum absolute atomic E-state index is 13.7. The maximum Gasteiger partial charge on any atom is 0.237 e. The number of carbonyl (C=O) groups is 1. The number of carbonyl (C=O) groups excluding carboxylic acids is 1. The van der Waals surface area contributed by atoms with Crippen molar-refractivity contribution in [2.75, 3.05) is 6.54 Å². The first kappa shape index (κ1) is 14.0.